The van der Waals surface area contributed by atoms with Crippen molar-refractivity contribution >= 4 is 12.2 Å². The summed E-state index contributed by atoms with van der Waals surface area (Å²) in [6, 6.07) is 9.75. The molecule has 1 unspecified atom stereocenters. The number of aromatic nitrogens is 2. The van der Waals surface area contributed by atoms with E-state index in [1.165, 1.54) is 23.8 Å². The second kappa shape index (κ2) is 8.08. The molecule has 3 rings (SSSR count). The summed E-state index contributed by atoms with van der Waals surface area (Å²) in [5.41, 5.74) is 1.01. The van der Waals surface area contributed by atoms with Crippen molar-refractivity contribution in [3.05, 3.63) is 52.3 Å². The van der Waals surface area contributed by atoms with Gasteiger partial charge in [0.2, 0.25) is 0 Å². The maximum absolute atomic E-state index is 11.9. The van der Waals surface area contributed by atoms with Gasteiger partial charge in [0.25, 0.3) is 0 Å². The largest absolute Gasteiger partial charge is 0.441 e. The molecular weight excluding hydrogens is 306 g/mol. The third-order valence-electron chi connectivity index (χ3n) is 4.25. The van der Waals surface area contributed by atoms with Gasteiger partial charge in [0.1, 0.15) is 0 Å². The molecule has 1 fully saturated rings. The summed E-state index contributed by atoms with van der Waals surface area (Å²) in [6.45, 7) is 2.78. The van der Waals surface area contributed by atoms with Crippen molar-refractivity contribution in [1.29, 1.82) is 0 Å². The van der Waals surface area contributed by atoms with Crippen LogP contribution in [0.5, 0.6) is 0 Å². The topological polar surface area (TPSA) is 71.5 Å². The molecule has 0 radical (unpaired) electrons. The van der Waals surface area contributed by atoms with Gasteiger partial charge in [-0.05, 0) is 37.6 Å². The summed E-state index contributed by atoms with van der Waals surface area (Å²) in [5.74, 6) is -0.123. The molecule has 128 valence electrons. The fourth-order valence-electron chi connectivity index (χ4n) is 3.01. The lowest BCUT2D eigenvalue weighted by Crippen LogP contribution is -2.39. The van der Waals surface area contributed by atoms with E-state index in [2.05, 4.69) is 10.1 Å². The molecule has 24 heavy (non-hydrogen) atoms. The van der Waals surface area contributed by atoms with Crippen LogP contribution < -0.4 is 5.76 Å². The smallest absolute Gasteiger partial charge is 0.390 e. The van der Waals surface area contributed by atoms with E-state index in [1.807, 2.05) is 36.4 Å². The number of β-amino-alcohol motifs (C(OH)–C–C–N with tert-alkyl or cyclic N) is 1. The average molecular weight is 329 g/mol. The summed E-state index contributed by atoms with van der Waals surface area (Å²) in [5, 5.41) is 14.1. The second-order valence-electron chi connectivity index (χ2n) is 6.18. The number of hydrogen-bond donors (Lipinski definition) is 1. The van der Waals surface area contributed by atoms with Crippen molar-refractivity contribution in [3.8, 4) is 0 Å². The highest BCUT2D eigenvalue weighted by Crippen LogP contribution is 2.10. The fourth-order valence-corrected chi connectivity index (χ4v) is 3.01. The molecule has 1 aliphatic heterocycles. The molecule has 2 heterocycles. The Kier molecular flexibility index (Phi) is 5.61. The number of benzene rings is 1. The molecule has 6 heteroatoms. The molecular formula is C18H23N3O3. The Balaban J connectivity index is 1.66. The molecule has 1 saturated heterocycles. The van der Waals surface area contributed by atoms with Gasteiger partial charge >= 0.3 is 5.76 Å². The zero-order valence-electron chi connectivity index (χ0n) is 13.7. The lowest BCUT2D eigenvalue weighted by molar-refractivity contribution is 0.0866. The van der Waals surface area contributed by atoms with E-state index in [0.717, 1.165) is 18.7 Å². The Labute approximate surface area is 141 Å². The van der Waals surface area contributed by atoms with E-state index >= 15 is 0 Å². The number of piperidine rings is 1. The number of aliphatic hydroxyl groups excluding tert-OH is 1. The van der Waals surface area contributed by atoms with E-state index < -0.39 is 11.9 Å². The zero-order valence-corrected chi connectivity index (χ0v) is 13.7. The van der Waals surface area contributed by atoms with E-state index in [4.69, 9.17) is 4.52 Å². The Bertz CT molecular complexity index is 715. The Morgan fingerprint density at radius 2 is 1.88 bits per heavy atom. The Morgan fingerprint density at radius 1 is 1.12 bits per heavy atom. The van der Waals surface area contributed by atoms with Crippen LogP contribution in [-0.2, 0) is 6.54 Å². The highest BCUT2D eigenvalue weighted by Gasteiger charge is 2.17. The minimum atomic E-state index is -0.621. The van der Waals surface area contributed by atoms with Crippen molar-refractivity contribution in [3.63, 3.8) is 0 Å². The molecule has 1 atom stereocenters. The average Bonchev–Trinajstić information content (AvgIpc) is 2.95. The van der Waals surface area contributed by atoms with Gasteiger partial charge < -0.3 is 10.0 Å². The lowest BCUT2D eigenvalue weighted by atomic mass is 10.1. The minimum Gasteiger partial charge on any atom is -0.390 e. The van der Waals surface area contributed by atoms with Gasteiger partial charge in [0, 0.05) is 6.54 Å². The van der Waals surface area contributed by atoms with E-state index in [1.54, 1.807) is 6.08 Å². The summed E-state index contributed by atoms with van der Waals surface area (Å²) in [7, 11) is 0. The van der Waals surface area contributed by atoms with Crippen LogP contribution in [0.15, 0.2) is 39.6 Å². The monoisotopic (exact) mass is 329 g/mol. The van der Waals surface area contributed by atoms with Crippen LogP contribution in [-0.4, -0.2) is 45.5 Å². The first-order valence-corrected chi connectivity index (χ1v) is 8.42. The lowest BCUT2D eigenvalue weighted by Gasteiger charge is -2.28. The highest BCUT2D eigenvalue weighted by atomic mass is 16.5. The first-order valence-electron chi connectivity index (χ1n) is 8.42. The zero-order chi connectivity index (χ0) is 16.8. The molecule has 6 nitrogen and oxygen atoms in total. The third kappa shape index (κ3) is 4.43. The van der Waals surface area contributed by atoms with Crippen LogP contribution in [0.3, 0.4) is 0 Å². The number of likely N-dealkylation sites (tertiary alicyclic amines) is 1. The van der Waals surface area contributed by atoms with Gasteiger partial charge in [-0.15, -0.1) is 0 Å². The maximum Gasteiger partial charge on any atom is 0.441 e. The van der Waals surface area contributed by atoms with Gasteiger partial charge in [-0.1, -0.05) is 48.0 Å². The third-order valence-corrected chi connectivity index (χ3v) is 4.25. The van der Waals surface area contributed by atoms with Gasteiger partial charge in [-0.25, -0.2) is 4.79 Å². The number of rotatable bonds is 6. The minimum absolute atomic E-state index is 0.188. The molecule has 0 aliphatic carbocycles. The van der Waals surface area contributed by atoms with Crippen molar-refractivity contribution in [2.45, 2.75) is 31.9 Å². The SMILES string of the molecule is O=c1onc(/C=C/c2ccccc2)n1CC(O)CN1CCCCC1. The van der Waals surface area contributed by atoms with Crippen LogP contribution in [0.4, 0.5) is 0 Å². The van der Waals surface area contributed by atoms with Crippen LogP contribution in [0.1, 0.15) is 30.7 Å². The number of aliphatic hydroxyl groups is 1. The Morgan fingerprint density at radius 3 is 2.62 bits per heavy atom. The molecule has 0 saturated carbocycles. The van der Waals surface area contributed by atoms with E-state index in [0.29, 0.717) is 12.4 Å². The summed E-state index contributed by atoms with van der Waals surface area (Å²) >= 11 is 0. The van der Waals surface area contributed by atoms with E-state index in [-0.39, 0.29) is 6.54 Å². The molecule has 1 aliphatic rings. The van der Waals surface area contributed by atoms with Gasteiger partial charge in [0.15, 0.2) is 5.82 Å². The molecule has 1 aromatic carbocycles. The molecule has 1 aromatic heterocycles. The number of nitrogens with zero attached hydrogens (tertiary/aromatic N) is 3. The summed E-state index contributed by atoms with van der Waals surface area (Å²) in [6.07, 6.45) is 6.57. The predicted molar refractivity (Wildman–Crippen MR) is 92.4 cm³/mol. The van der Waals surface area contributed by atoms with Crippen molar-refractivity contribution in [2.24, 2.45) is 0 Å². The van der Waals surface area contributed by atoms with Gasteiger partial charge in [-0.3, -0.25) is 9.09 Å². The highest BCUT2D eigenvalue weighted by molar-refractivity contribution is 5.66. The molecule has 0 bridgehead atoms. The molecule has 2 aromatic rings. The van der Waals surface area contributed by atoms with Crippen molar-refractivity contribution < 1.29 is 9.63 Å². The molecule has 0 spiro atoms. The summed E-state index contributed by atoms with van der Waals surface area (Å²) in [4.78, 5) is 14.1. The van der Waals surface area contributed by atoms with Crippen LogP contribution >= 0.6 is 0 Å². The second-order valence-corrected chi connectivity index (χ2v) is 6.18. The van der Waals surface area contributed by atoms with Crippen molar-refractivity contribution in [1.82, 2.24) is 14.6 Å². The maximum atomic E-state index is 11.9. The van der Waals surface area contributed by atoms with Crippen LogP contribution in [0, 0.1) is 0 Å². The van der Waals surface area contributed by atoms with Gasteiger partial charge in [0.05, 0.1) is 12.6 Å². The molecule has 0 amide bonds. The van der Waals surface area contributed by atoms with Crippen LogP contribution in [0.2, 0.25) is 0 Å². The first-order chi connectivity index (χ1) is 11.7. The molecule has 1 N–H and O–H groups in total. The predicted octanol–water partition coefficient (Wildman–Crippen LogP) is 1.85. The van der Waals surface area contributed by atoms with Crippen LogP contribution in [0.25, 0.3) is 12.2 Å². The van der Waals surface area contributed by atoms with E-state index in [9.17, 15) is 9.90 Å². The normalized spacial score (nSPS) is 17.4. The Hall–Kier alpha value is -2.18. The fraction of sp³-hybridized carbons (Fsp3) is 0.444. The van der Waals surface area contributed by atoms with Gasteiger partial charge in [-0.2, -0.15) is 0 Å². The first kappa shape index (κ1) is 16.7. The quantitative estimate of drug-likeness (QED) is 0.876. The van der Waals surface area contributed by atoms with Crippen molar-refractivity contribution in [2.75, 3.05) is 19.6 Å². The number of hydrogen-bond acceptors (Lipinski definition) is 5. The summed E-state index contributed by atoms with van der Waals surface area (Å²) < 4.78 is 6.14. The standard InChI is InChI=1S/C18H23N3O3/c22-16(13-20-11-5-2-6-12-20)14-21-17(19-24-18(21)23)10-9-15-7-3-1-4-8-15/h1,3-4,7-10,16,22H,2,5-6,11-14H2/b10-9+.